The lowest BCUT2D eigenvalue weighted by Gasteiger charge is -2.49. The van der Waals surface area contributed by atoms with Crippen molar-refractivity contribution in [3.63, 3.8) is 0 Å². The van der Waals surface area contributed by atoms with E-state index in [4.69, 9.17) is 11.6 Å². The molecule has 1 N–H and O–H groups in total. The Morgan fingerprint density at radius 1 is 1.32 bits per heavy atom. The topological polar surface area (TPSA) is 32.3 Å². The number of hydrogen-bond donors (Lipinski definition) is 1. The van der Waals surface area contributed by atoms with E-state index < -0.39 is 0 Å². The summed E-state index contributed by atoms with van der Waals surface area (Å²) < 4.78 is 0. The van der Waals surface area contributed by atoms with Crippen molar-refractivity contribution in [3.05, 3.63) is 34.9 Å². The summed E-state index contributed by atoms with van der Waals surface area (Å²) >= 11 is 5.98. The first-order valence-electron chi connectivity index (χ1n) is 8.49. The van der Waals surface area contributed by atoms with Gasteiger partial charge in [-0.25, -0.2) is 0 Å². The van der Waals surface area contributed by atoms with Crippen LogP contribution < -0.4 is 5.32 Å². The van der Waals surface area contributed by atoms with Gasteiger partial charge in [0.15, 0.2) is 0 Å². The molecule has 0 spiro atoms. The predicted octanol–water partition coefficient (Wildman–Crippen LogP) is 3.87. The zero-order valence-electron chi connectivity index (χ0n) is 13.2. The molecule has 22 heavy (non-hydrogen) atoms. The van der Waals surface area contributed by atoms with Crippen LogP contribution in [0.4, 0.5) is 0 Å². The molecule has 2 saturated heterocycles. The van der Waals surface area contributed by atoms with E-state index >= 15 is 0 Å². The summed E-state index contributed by atoms with van der Waals surface area (Å²) in [7, 11) is 0. The highest BCUT2D eigenvalue weighted by Gasteiger charge is 2.38. The fourth-order valence-electron chi connectivity index (χ4n) is 4.12. The molecule has 2 aliphatic heterocycles. The molecule has 0 saturated carbocycles. The summed E-state index contributed by atoms with van der Waals surface area (Å²) in [5.41, 5.74) is 0.661. The zero-order valence-corrected chi connectivity index (χ0v) is 14.0. The Kier molecular flexibility index (Phi) is 5.04. The molecule has 1 amide bonds. The highest BCUT2D eigenvalue weighted by atomic mass is 35.5. The molecular formula is C18H25ClN2O. The van der Waals surface area contributed by atoms with Crippen LogP contribution in [0.15, 0.2) is 24.3 Å². The first-order chi connectivity index (χ1) is 10.7. The van der Waals surface area contributed by atoms with Crippen molar-refractivity contribution in [2.45, 2.75) is 63.6 Å². The first kappa shape index (κ1) is 15.8. The molecule has 0 aliphatic carbocycles. The predicted molar refractivity (Wildman–Crippen MR) is 90.4 cm³/mol. The van der Waals surface area contributed by atoms with Crippen LogP contribution in [-0.2, 0) is 0 Å². The average molecular weight is 321 g/mol. The maximum atomic E-state index is 12.4. The highest BCUT2D eigenvalue weighted by Crippen LogP contribution is 2.34. The van der Waals surface area contributed by atoms with E-state index in [0.29, 0.717) is 28.7 Å². The maximum Gasteiger partial charge on any atom is 0.251 e. The van der Waals surface area contributed by atoms with Gasteiger partial charge in [-0.15, -0.1) is 0 Å². The van der Waals surface area contributed by atoms with Crippen LogP contribution in [-0.4, -0.2) is 35.5 Å². The van der Waals surface area contributed by atoms with Crippen molar-refractivity contribution in [2.24, 2.45) is 0 Å². The minimum absolute atomic E-state index is 0.00881. The van der Waals surface area contributed by atoms with E-state index in [1.807, 2.05) is 12.1 Å². The molecule has 2 heterocycles. The summed E-state index contributed by atoms with van der Waals surface area (Å²) in [6, 6.07) is 8.80. The first-order valence-corrected chi connectivity index (χ1v) is 8.87. The number of amides is 1. The Morgan fingerprint density at radius 3 is 2.68 bits per heavy atom. The number of nitrogens with zero attached hydrogens (tertiary/aromatic N) is 1. The van der Waals surface area contributed by atoms with Crippen LogP contribution in [0.25, 0.3) is 0 Å². The third kappa shape index (κ3) is 3.47. The molecule has 0 radical (unpaired) electrons. The van der Waals surface area contributed by atoms with Gasteiger partial charge in [0, 0.05) is 28.7 Å². The third-order valence-electron chi connectivity index (χ3n) is 5.03. The molecule has 3 nitrogen and oxygen atoms in total. The van der Waals surface area contributed by atoms with E-state index in [9.17, 15) is 4.79 Å². The molecular weight excluding hydrogens is 296 g/mol. The van der Waals surface area contributed by atoms with Gasteiger partial charge in [-0.3, -0.25) is 9.69 Å². The van der Waals surface area contributed by atoms with Gasteiger partial charge in [-0.1, -0.05) is 31.0 Å². The second-order valence-corrected chi connectivity index (χ2v) is 7.06. The molecule has 2 aliphatic rings. The summed E-state index contributed by atoms with van der Waals surface area (Å²) in [5, 5.41) is 3.84. The Bertz CT molecular complexity index is 520. The molecule has 0 aromatic heterocycles. The Labute approximate surface area is 138 Å². The van der Waals surface area contributed by atoms with Gasteiger partial charge in [0.2, 0.25) is 0 Å². The van der Waals surface area contributed by atoms with Gasteiger partial charge in [0.25, 0.3) is 5.91 Å². The van der Waals surface area contributed by atoms with E-state index in [1.54, 1.807) is 12.1 Å². The number of benzene rings is 1. The van der Waals surface area contributed by atoms with Crippen LogP contribution in [0.1, 0.15) is 55.8 Å². The van der Waals surface area contributed by atoms with E-state index in [1.165, 1.54) is 32.2 Å². The van der Waals surface area contributed by atoms with Crippen LogP contribution in [0.3, 0.4) is 0 Å². The van der Waals surface area contributed by atoms with E-state index in [-0.39, 0.29) is 5.91 Å². The Balaban J connectivity index is 1.63. The van der Waals surface area contributed by atoms with Crippen molar-refractivity contribution >= 4 is 17.5 Å². The van der Waals surface area contributed by atoms with Crippen LogP contribution in [0.2, 0.25) is 5.02 Å². The standard InChI is InChI=1S/C18H25ClN2O/c1-2-9-21-16-7-4-8-17(21)12-15(11-16)20-18(22)13-5-3-6-14(19)10-13/h3,5-6,10,15-17H,2,4,7-9,11-12H2,1H3,(H,20,22)/t15?,16-,17+. The molecule has 3 rings (SSSR count). The van der Waals surface area contributed by atoms with Crippen LogP contribution in [0.5, 0.6) is 0 Å². The van der Waals surface area contributed by atoms with Gasteiger partial charge < -0.3 is 5.32 Å². The Hall–Kier alpha value is -1.06. The second kappa shape index (κ2) is 7.01. The second-order valence-electron chi connectivity index (χ2n) is 6.63. The van der Waals surface area contributed by atoms with Gasteiger partial charge >= 0.3 is 0 Å². The molecule has 3 atom stereocenters. The number of rotatable bonds is 4. The summed E-state index contributed by atoms with van der Waals surface area (Å²) in [6.07, 6.45) is 7.28. The minimum Gasteiger partial charge on any atom is -0.349 e. The maximum absolute atomic E-state index is 12.4. The average Bonchev–Trinajstić information content (AvgIpc) is 2.48. The molecule has 2 bridgehead atoms. The molecule has 2 fully saturated rings. The lowest BCUT2D eigenvalue weighted by Crippen LogP contribution is -2.57. The quantitative estimate of drug-likeness (QED) is 0.913. The number of fused-ring (bicyclic) bond motifs is 2. The number of carbonyl (C=O) groups excluding carboxylic acids is 1. The molecule has 1 unspecified atom stereocenters. The normalized spacial score (nSPS) is 28.4. The lowest BCUT2D eigenvalue weighted by molar-refractivity contribution is 0.0245. The minimum atomic E-state index is 0.00881. The van der Waals surface area contributed by atoms with Crippen molar-refractivity contribution in [3.8, 4) is 0 Å². The van der Waals surface area contributed by atoms with Gasteiger partial charge in [0.1, 0.15) is 0 Å². The Morgan fingerprint density at radius 2 is 2.05 bits per heavy atom. The van der Waals surface area contributed by atoms with Crippen molar-refractivity contribution < 1.29 is 4.79 Å². The van der Waals surface area contributed by atoms with Gasteiger partial charge in [0.05, 0.1) is 0 Å². The summed E-state index contributed by atoms with van der Waals surface area (Å²) in [6.45, 7) is 3.45. The summed E-state index contributed by atoms with van der Waals surface area (Å²) in [4.78, 5) is 15.1. The number of carbonyl (C=O) groups is 1. The molecule has 4 heteroatoms. The number of halogens is 1. The fraction of sp³-hybridized carbons (Fsp3) is 0.611. The largest absolute Gasteiger partial charge is 0.349 e. The highest BCUT2D eigenvalue weighted by molar-refractivity contribution is 6.30. The number of piperidine rings is 2. The van der Waals surface area contributed by atoms with Gasteiger partial charge in [-0.05, 0) is 56.8 Å². The third-order valence-corrected chi connectivity index (χ3v) is 5.26. The van der Waals surface area contributed by atoms with E-state index in [2.05, 4.69) is 17.1 Å². The molecule has 1 aromatic carbocycles. The van der Waals surface area contributed by atoms with Crippen molar-refractivity contribution in [1.29, 1.82) is 0 Å². The fourth-order valence-corrected chi connectivity index (χ4v) is 4.31. The van der Waals surface area contributed by atoms with Crippen LogP contribution in [0, 0.1) is 0 Å². The smallest absolute Gasteiger partial charge is 0.251 e. The number of nitrogens with one attached hydrogen (secondary N) is 1. The van der Waals surface area contributed by atoms with Crippen LogP contribution >= 0.6 is 11.6 Å². The zero-order chi connectivity index (χ0) is 15.5. The monoisotopic (exact) mass is 320 g/mol. The number of hydrogen-bond acceptors (Lipinski definition) is 2. The van der Waals surface area contributed by atoms with E-state index in [0.717, 1.165) is 12.8 Å². The molecule has 1 aromatic rings. The van der Waals surface area contributed by atoms with Gasteiger partial charge in [-0.2, -0.15) is 0 Å². The molecule has 120 valence electrons. The van der Waals surface area contributed by atoms with Crippen molar-refractivity contribution in [2.75, 3.05) is 6.54 Å². The summed E-state index contributed by atoms with van der Waals surface area (Å²) in [5.74, 6) is 0.00881. The van der Waals surface area contributed by atoms with Crippen molar-refractivity contribution in [1.82, 2.24) is 10.2 Å². The lowest BCUT2D eigenvalue weighted by atomic mass is 9.81. The SMILES string of the molecule is CCCN1[C@@H]2CCC[C@H]1CC(NC(=O)c1cccc(Cl)c1)C2.